The highest BCUT2D eigenvalue weighted by molar-refractivity contribution is 5.82. The SMILES string of the molecule is O=C(NCCn1cccn1)NC(C(=O)O)C1CCCCC1. The molecular formula is C14H22N4O3. The number of nitrogens with zero attached hydrogens (tertiary/aromatic N) is 2. The minimum atomic E-state index is -0.955. The van der Waals surface area contributed by atoms with Crippen LogP contribution in [-0.2, 0) is 11.3 Å². The summed E-state index contributed by atoms with van der Waals surface area (Å²) in [6.07, 6.45) is 8.44. The number of hydrogen-bond donors (Lipinski definition) is 3. The van der Waals surface area contributed by atoms with E-state index in [4.69, 9.17) is 0 Å². The van der Waals surface area contributed by atoms with E-state index in [9.17, 15) is 14.7 Å². The Morgan fingerprint density at radius 1 is 1.33 bits per heavy atom. The maximum absolute atomic E-state index is 11.8. The third-order valence-corrected chi connectivity index (χ3v) is 3.86. The van der Waals surface area contributed by atoms with E-state index in [1.807, 2.05) is 12.3 Å². The zero-order chi connectivity index (χ0) is 15.1. The Bertz CT molecular complexity index is 455. The zero-order valence-corrected chi connectivity index (χ0v) is 12.0. The Morgan fingerprint density at radius 2 is 2.10 bits per heavy atom. The third-order valence-electron chi connectivity index (χ3n) is 3.86. The number of carbonyl (C=O) groups excluding carboxylic acids is 1. The summed E-state index contributed by atoms with van der Waals surface area (Å²) in [5.74, 6) is -0.919. The van der Waals surface area contributed by atoms with Crippen molar-refractivity contribution in [2.75, 3.05) is 6.54 Å². The molecule has 0 spiro atoms. The van der Waals surface area contributed by atoms with Crippen LogP contribution < -0.4 is 10.6 Å². The van der Waals surface area contributed by atoms with Gasteiger partial charge >= 0.3 is 12.0 Å². The molecule has 3 N–H and O–H groups in total. The highest BCUT2D eigenvalue weighted by Crippen LogP contribution is 2.26. The molecule has 2 rings (SSSR count). The van der Waals surface area contributed by atoms with Gasteiger partial charge in [-0.15, -0.1) is 0 Å². The average Bonchev–Trinajstić information content (AvgIpc) is 2.98. The Kier molecular flexibility index (Phi) is 5.59. The number of rotatable bonds is 6. The van der Waals surface area contributed by atoms with Gasteiger partial charge in [0.2, 0.25) is 0 Å². The van der Waals surface area contributed by atoms with Gasteiger partial charge in [-0.1, -0.05) is 19.3 Å². The first-order valence-corrected chi connectivity index (χ1v) is 7.41. The molecular weight excluding hydrogens is 272 g/mol. The molecule has 0 aliphatic heterocycles. The fourth-order valence-electron chi connectivity index (χ4n) is 2.76. The second kappa shape index (κ2) is 7.66. The van der Waals surface area contributed by atoms with Crippen molar-refractivity contribution in [3.8, 4) is 0 Å². The van der Waals surface area contributed by atoms with Crippen LogP contribution in [0.5, 0.6) is 0 Å². The lowest BCUT2D eigenvalue weighted by Crippen LogP contribution is -2.50. The third kappa shape index (κ3) is 4.77. The molecule has 0 bridgehead atoms. The minimum absolute atomic E-state index is 0.0353. The summed E-state index contributed by atoms with van der Waals surface area (Å²) in [6.45, 7) is 0.964. The number of carboxylic acids is 1. The van der Waals surface area contributed by atoms with E-state index >= 15 is 0 Å². The standard InChI is InChI=1S/C14H22N4O3/c19-13(20)12(11-5-2-1-3-6-11)17-14(21)15-8-10-18-9-4-7-16-18/h4,7,9,11-12H,1-3,5-6,8,10H2,(H,19,20)(H2,15,17,21). The summed E-state index contributed by atoms with van der Waals surface area (Å²) in [7, 11) is 0. The molecule has 21 heavy (non-hydrogen) atoms. The van der Waals surface area contributed by atoms with Gasteiger partial charge in [-0.05, 0) is 24.8 Å². The molecule has 1 aliphatic carbocycles. The topological polar surface area (TPSA) is 96.3 Å². The van der Waals surface area contributed by atoms with Gasteiger partial charge in [0, 0.05) is 18.9 Å². The Hall–Kier alpha value is -2.05. The molecule has 1 aromatic rings. The van der Waals surface area contributed by atoms with Gasteiger partial charge in [-0.25, -0.2) is 9.59 Å². The highest BCUT2D eigenvalue weighted by atomic mass is 16.4. The van der Waals surface area contributed by atoms with E-state index in [1.165, 1.54) is 0 Å². The quantitative estimate of drug-likeness (QED) is 0.735. The number of hydrogen-bond acceptors (Lipinski definition) is 3. The number of carbonyl (C=O) groups is 2. The minimum Gasteiger partial charge on any atom is -0.480 e. The van der Waals surface area contributed by atoms with Crippen LogP contribution in [0.4, 0.5) is 4.79 Å². The molecule has 1 aromatic heterocycles. The summed E-state index contributed by atoms with van der Waals surface area (Å²) < 4.78 is 1.70. The molecule has 1 unspecified atom stereocenters. The first-order chi connectivity index (χ1) is 10.2. The van der Waals surface area contributed by atoms with Crippen LogP contribution >= 0.6 is 0 Å². The number of carboxylic acid groups (broad SMARTS) is 1. The Labute approximate surface area is 123 Å². The predicted octanol–water partition coefficient (Wildman–Crippen LogP) is 1.22. The molecule has 1 atom stereocenters. The molecule has 1 aliphatic rings. The number of aromatic nitrogens is 2. The molecule has 7 heteroatoms. The second-order valence-electron chi connectivity index (χ2n) is 5.38. The van der Waals surface area contributed by atoms with Crippen molar-refractivity contribution in [3.05, 3.63) is 18.5 Å². The van der Waals surface area contributed by atoms with Gasteiger partial charge in [0.15, 0.2) is 0 Å². The van der Waals surface area contributed by atoms with Gasteiger partial charge in [-0.3, -0.25) is 4.68 Å². The van der Waals surface area contributed by atoms with E-state index in [-0.39, 0.29) is 5.92 Å². The molecule has 116 valence electrons. The number of nitrogens with one attached hydrogen (secondary N) is 2. The number of aliphatic carboxylic acids is 1. The van der Waals surface area contributed by atoms with Gasteiger partial charge < -0.3 is 15.7 Å². The van der Waals surface area contributed by atoms with Crippen LogP contribution in [0, 0.1) is 5.92 Å². The summed E-state index contributed by atoms with van der Waals surface area (Å²) in [5.41, 5.74) is 0. The average molecular weight is 294 g/mol. The molecule has 7 nitrogen and oxygen atoms in total. The summed E-state index contributed by atoms with van der Waals surface area (Å²) in [4.78, 5) is 23.2. The van der Waals surface area contributed by atoms with Gasteiger partial charge in [0.1, 0.15) is 6.04 Å². The van der Waals surface area contributed by atoms with Crippen molar-refractivity contribution < 1.29 is 14.7 Å². The van der Waals surface area contributed by atoms with Crippen molar-refractivity contribution in [2.24, 2.45) is 5.92 Å². The van der Waals surface area contributed by atoms with E-state index in [1.54, 1.807) is 10.9 Å². The van der Waals surface area contributed by atoms with Crippen molar-refractivity contribution in [1.82, 2.24) is 20.4 Å². The molecule has 0 saturated heterocycles. The van der Waals surface area contributed by atoms with E-state index in [0.29, 0.717) is 13.1 Å². The summed E-state index contributed by atoms with van der Waals surface area (Å²) in [6, 6.07) is 0.582. The lowest BCUT2D eigenvalue weighted by molar-refractivity contribution is -0.141. The maximum atomic E-state index is 11.8. The fraction of sp³-hybridized carbons (Fsp3) is 0.643. The molecule has 0 radical (unpaired) electrons. The van der Waals surface area contributed by atoms with Crippen LogP contribution in [0.3, 0.4) is 0 Å². The van der Waals surface area contributed by atoms with E-state index < -0.39 is 18.0 Å². The first kappa shape index (κ1) is 15.3. The lowest BCUT2D eigenvalue weighted by atomic mass is 9.84. The molecule has 1 heterocycles. The van der Waals surface area contributed by atoms with Crippen molar-refractivity contribution in [1.29, 1.82) is 0 Å². The predicted molar refractivity (Wildman–Crippen MR) is 76.8 cm³/mol. The van der Waals surface area contributed by atoms with Gasteiger partial charge in [0.05, 0.1) is 6.54 Å². The zero-order valence-electron chi connectivity index (χ0n) is 12.0. The lowest BCUT2D eigenvalue weighted by Gasteiger charge is -2.28. The maximum Gasteiger partial charge on any atom is 0.326 e. The van der Waals surface area contributed by atoms with Gasteiger partial charge in [0.25, 0.3) is 0 Å². The van der Waals surface area contributed by atoms with Crippen LogP contribution in [0.1, 0.15) is 32.1 Å². The van der Waals surface area contributed by atoms with E-state index in [2.05, 4.69) is 15.7 Å². The van der Waals surface area contributed by atoms with Crippen molar-refractivity contribution in [3.63, 3.8) is 0 Å². The van der Waals surface area contributed by atoms with Crippen LogP contribution in [0.15, 0.2) is 18.5 Å². The van der Waals surface area contributed by atoms with Crippen LogP contribution in [0.25, 0.3) is 0 Å². The smallest absolute Gasteiger partial charge is 0.326 e. The normalized spacial score (nSPS) is 17.1. The first-order valence-electron chi connectivity index (χ1n) is 7.41. The largest absolute Gasteiger partial charge is 0.480 e. The van der Waals surface area contributed by atoms with E-state index in [0.717, 1.165) is 32.1 Å². The van der Waals surface area contributed by atoms with Crippen molar-refractivity contribution >= 4 is 12.0 Å². The number of amides is 2. The summed E-state index contributed by atoms with van der Waals surface area (Å²) in [5, 5.41) is 18.6. The Morgan fingerprint density at radius 3 is 2.71 bits per heavy atom. The summed E-state index contributed by atoms with van der Waals surface area (Å²) >= 11 is 0. The molecule has 0 aromatic carbocycles. The van der Waals surface area contributed by atoms with Crippen LogP contribution in [-0.4, -0.2) is 39.5 Å². The Balaban J connectivity index is 1.76. The second-order valence-corrected chi connectivity index (χ2v) is 5.38. The highest BCUT2D eigenvalue weighted by Gasteiger charge is 2.30. The van der Waals surface area contributed by atoms with Crippen molar-refractivity contribution in [2.45, 2.75) is 44.7 Å². The van der Waals surface area contributed by atoms with Crippen LogP contribution in [0.2, 0.25) is 0 Å². The monoisotopic (exact) mass is 294 g/mol. The molecule has 1 fully saturated rings. The number of urea groups is 1. The molecule has 2 amide bonds. The molecule has 1 saturated carbocycles. The fourth-order valence-corrected chi connectivity index (χ4v) is 2.76. The van der Waals surface area contributed by atoms with Gasteiger partial charge in [-0.2, -0.15) is 5.10 Å².